The normalized spacial score (nSPS) is 10.6. The van der Waals surface area contributed by atoms with Crippen LogP contribution in [0.3, 0.4) is 0 Å². The molecule has 0 aliphatic carbocycles. The SMILES string of the molecule is Cc1cncc2cc(CCC(=O)O)ccc12. The summed E-state index contributed by atoms with van der Waals surface area (Å²) in [7, 11) is 0. The maximum absolute atomic E-state index is 10.5. The lowest BCUT2D eigenvalue weighted by atomic mass is 10.0. The zero-order chi connectivity index (χ0) is 11.5. The van der Waals surface area contributed by atoms with Crippen LogP contribution in [0, 0.1) is 6.92 Å². The van der Waals surface area contributed by atoms with E-state index >= 15 is 0 Å². The van der Waals surface area contributed by atoms with Gasteiger partial charge in [-0.15, -0.1) is 0 Å². The first-order valence-corrected chi connectivity index (χ1v) is 5.22. The van der Waals surface area contributed by atoms with Crippen molar-refractivity contribution in [3.05, 3.63) is 41.7 Å². The number of benzene rings is 1. The molecule has 0 bridgehead atoms. The lowest BCUT2D eigenvalue weighted by Gasteiger charge is -2.04. The van der Waals surface area contributed by atoms with Crippen molar-refractivity contribution in [2.45, 2.75) is 19.8 Å². The molecule has 0 fully saturated rings. The number of fused-ring (bicyclic) bond motifs is 1. The van der Waals surface area contributed by atoms with Gasteiger partial charge in [-0.3, -0.25) is 9.78 Å². The quantitative estimate of drug-likeness (QED) is 0.856. The molecule has 0 atom stereocenters. The lowest BCUT2D eigenvalue weighted by Crippen LogP contribution is -1.97. The third-order valence-corrected chi connectivity index (χ3v) is 2.65. The summed E-state index contributed by atoms with van der Waals surface area (Å²) in [6.07, 6.45) is 4.38. The minimum atomic E-state index is -0.762. The summed E-state index contributed by atoms with van der Waals surface area (Å²) in [4.78, 5) is 14.6. The third kappa shape index (κ3) is 2.19. The summed E-state index contributed by atoms with van der Waals surface area (Å²) in [5, 5.41) is 10.9. The molecule has 2 aromatic rings. The maximum Gasteiger partial charge on any atom is 0.303 e. The van der Waals surface area contributed by atoms with E-state index in [1.807, 2.05) is 37.5 Å². The van der Waals surface area contributed by atoms with Crippen LogP contribution in [0.5, 0.6) is 0 Å². The number of hydrogen-bond acceptors (Lipinski definition) is 2. The average Bonchev–Trinajstić information content (AvgIpc) is 2.26. The second-order valence-corrected chi connectivity index (χ2v) is 3.91. The van der Waals surface area contributed by atoms with Crippen LogP contribution in [-0.2, 0) is 11.2 Å². The molecule has 0 unspecified atom stereocenters. The lowest BCUT2D eigenvalue weighted by molar-refractivity contribution is -0.136. The Morgan fingerprint density at radius 1 is 1.38 bits per heavy atom. The molecule has 0 radical (unpaired) electrons. The van der Waals surface area contributed by atoms with Crippen LogP contribution < -0.4 is 0 Å². The third-order valence-electron chi connectivity index (χ3n) is 2.65. The predicted molar refractivity (Wildman–Crippen MR) is 62.4 cm³/mol. The topological polar surface area (TPSA) is 50.2 Å². The molecular formula is C13H13NO2. The Labute approximate surface area is 93.7 Å². The molecule has 3 nitrogen and oxygen atoms in total. The van der Waals surface area contributed by atoms with Gasteiger partial charge in [0.25, 0.3) is 0 Å². The van der Waals surface area contributed by atoms with E-state index < -0.39 is 5.97 Å². The highest BCUT2D eigenvalue weighted by molar-refractivity contribution is 5.85. The molecule has 2 rings (SSSR count). The number of pyridine rings is 1. The molecule has 1 N–H and O–H groups in total. The molecule has 3 heteroatoms. The maximum atomic E-state index is 10.5. The molecule has 0 saturated heterocycles. The van der Waals surface area contributed by atoms with Crippen molar-refractivity contribution >= 4 is 16.7 Å². The molecule has 0 spiro atoms. The number of aryl methyl sites for hydroxylation is 2. The van der Waals surface area contributed by atoms with Gasteiger partial charge in [-0.05, 0) is 35.9 Å². The fraction of sp³-hybridized carbons (Fsp3) is 0.231. The van der Waals surface area contributed by atoms with Gasteiger partial charge in [0.05, 0.1) is 0 Å². The van der Waals surface area contributed by atoms with Crippen LogP contribution in [0.15, 0.2) is 30.6 Å². The number of carboxylic acid groups (broad SMARTS) is 1. The standard InChI is InChI=1S/C13H13NO2/c1-9-7-14-8-11-6-10(2-4-12(9)11)3-5-13(15)16/h2,4,6-8H,3,5H2,1H3,(H,15,16). The fourth-order valence-corrected chi connectivity index (χ4v) is 1.78. The van der Waals surface area contributed by atoms with Crippen LogP contribution >= 0.6 is 0 Å². The van der Waals surface area contributed by atoms with Crippen LogP contribution in [-0.4, -0.2) is 16.1 Å². The molecule has 1 heterocycles. The zero-order valence-electron chi connectivity index (χ0n) is 9.10. The van der Waals surface area contributed by atoms with Gasteiger partial charge in [0.1, 0.15) is 0 Å². The van der Waals surface area contributed by atoms with Gasteiger partial charge in [-0.1, -0.05) is 12.1 Å². The van der Waals surface area contributed by atoms with Gasteiger partial charge < -0.3 is 5.11 Å². The van der Waals surface area contributed by atoms with Crippen LogP contribution in [0.4, 0.5) is 0 Å². The summed E-state index contributed by atoms with van der Waals surface area (Å²) >= 11 is 0. The number of aliphatic carboxylic acids is 1. The monoisotopic (exact) mass is 215 g/mol. The van der Waals surface area contributed by atoms with E-state index in [0.717, 1.165) is 16.5 Å². The Hall–Kier alpha value is -1.90. The van der Waals surface area contributed by atoms with Crippen molar-refractivity contribution in [3.63, 3.8) is 0 Å². The molecular weight excluding hydrogens is 202 g/mol. The highest BCUT2D eigenvalue weighted by atomic mass is 16.4. The summed E-state index contributed by atoms with van der Waals surface area (Å²) in [6, 6.07) is 6.03. The van der Waals surface area contributed by atoms with Gasteiger partial charge in [0, 0.05) is 24.2 Å². The van der Waals surface area contributed by atoms with E-state index in [0.29, 0.717) is 6.42 Å². The summed E-state index contributed by atoms with van der Waals surface area (Å²) in [5.41, 5.74) is 2.18. The fourth-order valence-electron chi connectivity index (χ4n) is 1.78. The largest absolute Gasteiger partial charge is 0.481 e. The van der Waals surface area contributed by atoms with Gasteiger partial charge in [0.15, 0.2) is 0 Å². The highest BCUT2D eigenvalue weighted by Crippen LogP contribution is 2.19. The molecule has 1 aromatic carbocycles. The van der Waals surface area contributed by atoms with Crippen molar-refractivity contribution in [3.8, 4) is 0 Å². The minimum Gasteiger partial charge on any atom is -0.481 e. The number of carbonyl (C=O) groups is 1. The molecule has 0 aliphatic heterocycles. The van der Waals surface area contributed by atoms with E-state index in [-0.39, 0.29) is 6.42 Å². The molecule has 82 valence electrons. The van der Waals surface area contributed by atoms with Crippen molar-refractivity contribution in [2.24, 2.45) is 0 Å². The minimum absolute atomic E-state index is 0.171. The predicted octanol–water partition coefficient (Wildman–Crippen LogP) is 2.56. The van der Waals surface area contributed by atoms with Crippen molar-refractivity contribution in [2.75, 3.05) is 0 Å². The van der Waals surface area contributed by atoms with E-state index in [2.05, 4.69) is 4.98 Å². The summed E-state index contributed by atoms with van der Waals surface area (Å²) in [6.45, 7) is 2.02. The number of hydrogen-bond donors (Lipinski definition) is 1. The highest BCUT2D eigenvalue weighted by Gasteiger charge is 2.02. The van der Waals surface area contributed by atoms with Crippen LogP contribution in [0.25, 0.3) is 10.8 Å². The second-order valence-electron chi connectivity index (χ2n) is 3.91. The number of rotatable bonds is 3. The van der Waals surface area contributed by atoms with Gasteiger partial charge in [-0.25, -0.2) is 0 Å². The van der Waals surface area contributed by atoms with E-state index in [9.17, 15) is 4.79 Å². The Kier molecular flexibility index (Phi) is 2.86. The second kappa shape index (κ2) is 4.31. The van der Waals surface area contributed by atoms with E-state index in [1.54, 1.807) is 0 Å². The van der Waals surface area contributed by atoms with Crippen molar-refractivity contribution < 1.29 is 9.90 Å². The van der Waals surface area contributed by atoms with E-state index in [1.165, 1.54) is 5.39 Å². The number of aromatic nitrogens is 1. The molecule has 0 aliphatic rings. The smallest absolute Gasteiger partial charge is 0.303 e. The number of nitrogens with zero attached hydrogens (tertiary/aromatic N) is 1. The molecule has 16 heavy (non-hydrogen) atoms. The van der Waals surface area contributed by atoms with Crippen LogP contribution in [0.1, 0.15) is 17.5 Å². The summed E-state index contributed by atoms with van der Waals surface area (Å²) in [5.74, 6) is -0.762. The Balaban J connectivity index is 2.33. The van der Waals surface area contributed by atoms with Crippen molar-refractivity contribution in [1.29, 1.82) is 0 Å². The first kappa shape index (κ1) is 10.6. The Morgan fingerprint density at radius 3 is 2.94 bits per heavy atom. The van der Waals surface area contributed by atoms with Gasteiger partial charge >= 0.3 is 5.97 Å². The molecule has 1 aromatic heterocycles. The summed E-state index contributed by atoms with van der Waals surface area (Å²) < 4.78 is 0. The van der Waals surface area contributed by atoms with Crippen molar-refractivity contribution in [1.82, 2.24) is 4.98 Å². The zero-order valence-corrected chi connectivity index (χ0v) is 9.10. The van der Waals surface area contributed by atoms with Gasteiger partial charge in [-0.2, -0.15) is 0 Å². The Morgan fingerprint density at radius 2 is 2.19 bits per heavy atom. The van der Waals surface area contributed by atoms with E-state index in [4.69, 9.17) is 5.11 Å². The molecule has 0 amide bonds. The van der Waals surface area contributed by atoms with Crippen LogP contribution in [0.2, 0.25) is 0 Å². The first-order chi connectivity index (χ1) is 7.66. The van der Waals surface area contributed by atoms with Gasteiger partial charge in [0.2, 0.25) is 0 Å². The molecule has 0 saturated carbocycles. The first-order valence-electron chi connectivity index (χ1n) is 5.22. The average molecular weight is 215 g/mol. The number of carboxylic acids is 1. The Bertz CT molecular complexity index is 534.